The third-order valence-electron chi connectivity index (χ3n) is 3.56. The summed E-state index contributed by atoms with van der Waals surface area (Å²) in [7, 11) is 2.08. The van der Waals surface area contributed by atoms with Crippen molar-refractivity contribution in [2.75, 3.05) is 0 Å². The van der Waals surface area contributed by atoms with Gasteiger partial charge < -0.3 is 9.67 Å². The Morgan fingerprint density at radius 3 is 2.65 bits per heavy atom. The number of nitrogens with zero attached hydrogens (tertiary/aromatic N) is 2. The largest absolute Gasteiger partial charge is 0.386 e. The van der Waals surface area contributed by atoms with Crippen molar-refractivity contribution in [1.29, 1.82) is 0 Å². The van der Waals surface area contributed by atoms with E-state index in [0.717, 1.165) is 16.6 Å². The summed E-state index contributed by atoms with van der Waals surface area (Å²) >= 11 is 0. The standard InChI is InChI=1S/C14H18N2O/c1-14(2,17)10-6-7-12-11(8-10)15-13(16(12)3)9-4-5-9/h6-9,17H,4-5H2,1-3H3. The zero-order chi connectivity index (χ0) is 12.2. The third kappa shape index (κ3) is 1.75. The Hall–Kier alpha value is -1.35. The number of aromatic nitrogens is 2. The second-order valence-electron chi connectivity index (χ2n) is 5.57. The smallest absolute Gasteiger partial charge is 0.112 e. The Morgan fingerprint density at radius 2 is 2.06 bits per heavy atom. The van der Waals surface area contributed by atoms with E-state index < -0.39 is 5.60 Å². The van der Waals surface area contributed by atoms with Gasteiger partial charge in [-0.05, 0) is 44.4 Å². The van der Waals surface area contributed by atoms with Gasteiger partial charge in [-0.2, -0.15) is 0 Å². The predicted octanol–water partition coefficient (Wildman–Crippen LogP) is 2.68. The first kappa shape index (κ1) is 10.8. The molecule has 90 valence electrons. The minimum atomic E-state index is -0.800. The molecule has 0 amide bonds. The van der Waals surface area contributed by atoms with E-state index >= 15 is 0 Å². The van der Waals surface area contributed by atoms with Crippen molar-refractivity contribution in [2.24, 2.45) is 7.05 Å². The summed E-state index contributed by atoms with van der Waals surface area (Å²) in [6, 6.07) is 6.05. The van der Waals surface area contributed by atoms with Gasteiger partial charge in [0, 0.05) is 13.0 Å². The molecule has 3 rings (SSSR count). The van der Waals surface area contributed by atoms with Crippen molar-refractivity contribution in [3.05, 3.63) is 29.6 Å². The van der Waals surface area contributed by atoms with E-state index in [1.165, 1.54) is 18.7 Å². The Kier molecular flexibility index (Phi) is 2.11. The van der Waals surface area contributed by atoms with Crippen molar-refractivity contribution in [2.45, 2.75) is 38.2 Å². The van der Waals surface area contributed by atoms with E-state index in [4.69, 9.17) is 4.98 Å². The third-order valence-corrected chi connectivity index (χ3v) is 3.56. The van der Waals surface area contributed by atoms with Crippen LogP contribution in [0.25, 0.3) is 11.0 Å². The molecule has 0 atom stereocenters. The quantitative estimate of drug-likeness (QED) is 0.861. The van der Waals surface area contributed by atoms with Crippen LogP contribution in [-0.2, 0) is 12.6 Å². The minimum absolute atomic E-state index is 0.651. The fourth-order valence-electron chi connectivity index (χ4n) is 2.31. The number of rotatable bonds is 2. The lowest BCUT2D eigenvalue weighted by Crippen LogP contribution is -2.15. The maximum atomic E-state index is 10.0. The monoisotopic (exact) mass is 230 g/mol. The van der Waals surface area contributed by atoms with E-state index in [0.29, 0.717) is 5.92 Å². The zero-order valence-electron chi connectivity index (χ0n) is 10.6. The van der Waals surface area contributed by atoms with Crippen LogP contribution in [0.15, 0.2) is 18.2 Å². The van der Waals surface area contributed by atoms with Gasteiger partial charge in [0.1, 0.15) is 5.82 Å². The van der Waals surface area contributed by atoms with Gasteiger partial charge in [0.2, 0.25) is 0 Å². The van der Waals surface area contributed by atoms with Gasteiger partial charge in [0.05, 0.1) is 16.6 Å². The second-order valence-corrected chi connectivity index (χ2v) is 5.57. The van der Waals surface area contributed by atoms with Gasteiger partial charge in [-0.1, -0.05) is 6.07 Å². The molecule has 2 aromatic rings. The van der Waals surface area contributed by atoms with Crippen LogP contribution in [0.1, 0.15) is 44.0 Å². The van der Waals surface area contributed by atoms with Gasteiger partial charge in [-0.15, -0.1) is 0 Å². The van der Waals surface area contributed by atoms with Crippen LogP contribution >= 0.6 is 0 Å². The highest BCUT2D eigenvalue weighted by atomic mass is 16.3. The van der Waals surface area contributed by atoms with Crippen LogP contribution in [0, 0.1) is 0 Å². The van der Waals surface area contributed by atoms with E-state index in [9.17, 15) is 5.11 Å². The van der Waals surface area contributed by atoms with Crippen molar-refractivity contribution in [1.82, 2.24) is 9.55 Å². The van der Waals surface area contributed by atoms with E-state index in [-0.39, 0.29) is 0 Å². The Balaban J connectivity index is 2.17. The highest BCUT2D eigenvalue weighted by Crippen LogP contribution is 2.40. The maximum Gasteiger partial charge on any atom is 0.112 e. The number of fused-ring (bicyclic) bond motifs is 1. The first-order valence-electron chi connectivity index (χ1n) is 6.16. The van der Waals surface area contributed by atoms with Gasteiger partial charge in [0.15, 0.2) is 0 Å². The lowest BCUT2D eigenvalue weighted by atomic mass is 9.98. The summed E-state index contributed by atoms with van der Waals surface area (Å²) in [5, 5.41) is 10.0. The summed E-state index contributed by atoms with van der Waals surface area (Å²) in [5.41, 5.74) is 2.27. The van der Waals surface area contributed by atoms with Crippen LogP contribution in [0.5, 0.6) is 0 Å². The van der Waals surface area contributed by atoms with Gasteiger partial charge in [-0.3, -0.25) is 0 Å². The normalized spacial score (nSPS) is 16.7. The Labute approximate surface area is 101 Å². The van der Waals surface area contributed by atoms with Gasteiger partial charge in [0.25, 0.3) is 0 Å². The molecule has 17 heavy (non-hydrogen) atoms. The molecule has 1 aromatic heterocycles. The van der Waals surface area contributed by atoms with Crippen LogP contribution in [-0.4, -0.2) is 14.7 Å². The molecule has 1 aliphatic carbocycles. The topological polar surface area (TPSA) is 38.0 Å². The summed E-state index contributed by atoms with van der Waals surface area (Å²) < 4.78 is 2.18. The van der Waals surface area contributed by atoms with Crippen LogP contribution in [0.3, 0.4) is 0 Å². The molecule has 0 bridgehead atoms. The molecule has 0 saturated heterocycles. The van der Waals surface area contributed by atoms with Crippen LogP contribution in [0.2, 0.25) is 0 Å². The molecule has 0 aliphatic heterocycles. The highest BCUT2D eigenvalue weighted by Gasteiger charge is 2.29. The molecule has 1 aliphatic rings. The van der Waals surface area contributed by atoms with Gasteiger partial charge in [-0.25, -0.2) is 4.98 Å². The first-order chi connectivity index (χ1) is 7.97. The molecule has 1 heterocycles. The number of aliphatic hydroxyl groups is 1. The highest BCUT2D eigenvalue weighted by molar-refractivity contribution is 5.77. The lowest BCUT2D eigenvalue weighted by molar-refractivity contribution is 0.0787. The Morgan fingerprint density at radius 1 is 1.35 bits per heavy atom. The van der Waals surface area contributed by atoms with Gasteiger partial charge >= 0.3 is 0 Å². The SMILES string of the molecule is Cn1c(C2CC2)nc2cc(C(C)(C)O)ccc21. The van der Waals surface area contributed by atoms with Crippen molar-refractivity contribution in [3.63, 3.8) is 0 Å². The molecule has 3 nitrogen and oxygen atoms in total. The summed E-state index contributed by atoms with van der Waals surface area (Å²) in [5.74, 6) is 1.84. The maximum absolute atomic E-state index is 10.0. The summed E-state index contributed by atoms with van der Waals surface area (Å²) in [6.07, 6.45) is 2.52. The fraction of sp³-hybridized carbons (Fsp3) is 0.500. The predicted molar refractivity (Wildman–Crippen MR) is 67.9 cm³/mol. The van der Waals surface area contributed by atoms with Crippen LogP contribution in [0.4, 0.5) is 0 Å². The van der Waals surface area contributed by atoms with E-state index in [1.54, 1.807) is 13.8 Å². The fourth-order valence-corrected chi connectivity index (χ4v) is 2.31. The van der Waals surface area contributed by atoms with Crippen molar-refractivity contribution >= 4 is 11.0 Å². The molecular weight excluding hydrogens is 212 g/mol. The van der Waals surface area contributed by atoms with E-state index in [1.807, 2.05) is 12.1 Å². The number of hydrogen-bond acceptors (Lipinski definition) is 2. The number of imidazole rings is 1. The molecule has 0 unspecified atom stereocenters. The lowest BCUT2D eigenvalue weighted by Gasteiger charge is -2.17. The zero-order valence-corrected chi connectivity index (χ0v) is 10.6. The molecule has 0 radical (unpaired) electrons. The molecule has 1 saturated carbocycles. The molecule has 0 spiro atoms. The molecule has 1 N–H and O–H groups in total. The van der Waals surface area contributed by atoms with Crippen molar-refractivity contribution in [3.8, 4) is 0 Å². The number of aryl methyl sites for hydroxylation is 1. The second kappa shape index (κ2) is 3.33. The molecule has 3 heteroatoms. The number of hydrogen-bond donors (Lipinski definition) is 1. The van der Waals surface area contributed by atoms with Crippen LogP contribution < -0.4 is 0 Å². The molecular formula is C14H18N2O. The summed E-state index contributed by atoms with van der Waals surface area (Å²) in [4.78, 5) is 4.70. The Bertz CT molecular complexity index is 574. The average Bonchev–Trinajstić information content (AvgIpc) is 3.03. The van der Waals surface area contributed by atoms with E-state index in [2.05, 4.69) is 17.7 Å². The number of benzene rings is 1. The van der Waals surface area contributed by atoms with Crippen molar-refractivity contribution < 1.29 is 5.11 Å². The average molecular weight is 230 g/mol. The minimum Gasteiger partial charge on any atom is -0.386 e. The summed E-state index contributed by atoms with van der Waals surface area (Å²) in [6.45, 7) is 3.61. The molecule has 1 aromatic carbocycles. The first-order valence-corrected chi connectivity index (χ1v) is 6.16. The molecule has 1 fully saturated rings.